The normalized spacial score (nSPS) is 11.2. The summed E-state index contributed by atoms with van der Waals surface area (Å²) in [6.07, 6.45) is 1.50. The third-order valence-electron chi connectivity index (χ3n) is 3.64. The molecule has 0 unspecified atom stereocenters. The Morgan fingerprint density at radius 2 is 1.80 bits per heavy atom. The van der Waals surface area contributed by atoms with E-state index < -0.39 is 0 Å². The third-order valence-corrected chi connectivity index (χ3v) is 3.64. The van der Waals surface area contributed by atoms with Gasteiger partial charge in [0, 0.05) is 19.7 Å². The maximum absolute atomic E-state index is 12.4. The molecule has 0 radical (unpaired) electrons. The van der Waals surface area contributed by atoms with Crippen LogP contribution >= 0.6 is 0 Å². The van der Waals surface area contributed by atoms with E-state index in [4.69, 9.17) is 4.42 Å². The van der Waals surface area contributed by atoms with Crippen molar-refractivity contribution in [2.45, 2.75) is 6.92 Å². The maximum Gasteiger partial charge on any atom is 0.328 e. The van der Waals surface area contributed by atoms with Gasteiger partial charge < -0.3 is 4.42 Å². The van der Waals surface area contributed by atoms with E-state index >= 15 is 0 Å². The summed E-state index contributed by atoms with van der Waals surface area (Å²) in [5.41, 5.74) is 2.53. The van der Waals surface area contributed by atoms with Crippen molar-refractivity contribution in [3.8, 4) is 0 Å². The van der Waals surface area contributed by atoms with Crippen LogP contribution in [0, 0.1) is 6.92 Å². The first-order chi connectivity index (χ1) is 9.50. The van der Waals surface area contributed by atoms with Gasteiger partial charge >= 0.3 is 5.69 Å². The molecule has 3 rings (SSSR count). The number of carbonyl (C=O) groups is 1. The standard InChI is InChI=1S/C15H14N2O3/c1-9-11(6-7-20-9)14(18)10-4-5-12-13(8-10)17(3)15(19)16(12)2/h4-8H,1-3H3. The average molecular weight is 270 g/mol. The highest BCUT2D eigenvalue weighted by molar-refractivity contribution is 6.10. The first kappa shape index (κ1) is 12.5. The molecule has 0 saturated carbocycles. The highest BCUT2D eigenvalue weighted by atomic mass is 16.3. The van der Waals surface area contributed by atoms with Gasteiger partial charge in [0.05, 0.1) is 22.9 Å². The molecule has 3 aromatic rings. The van der Waals surface area contributed by atoms with E-state index in [2.05, 4.69) is 0 Å². The van der Waals surface area contributed by atoms with Crippen LogP contribution in [0.4, 0.5) is 0 Å². The minimum Gasteiger partial charge on any atom is -0.469 e. The van der Waals surface area contributed by atoms with E-state index in [0.29, 0.717) is 16.9 Å². The molecule has 1 aromatic carbocycles. The molecule has 0 aliphatic carbocycles. The summed E-state index contributed by atoms with van der Waals surface area (Å²) in [4.78, 5) is 24.3. The molecule has 5 nitrogen and oxygen atoms in total. The summed E-state index contributed by atoms with van der Waals surface area (Å²) in [6, 6.07) is 6.92. The van der Waals surface area contributed by atoms with E-state index in [1.165, 1.54) is 10.8 Å². The summed E-state index contributed by atoms with van der Waals surface area (Å²) < 4.78 is 8.26. The number of ketones is 1. The van der Waals surface area contributed by atoms with Gasteiger partial charge in [-0.3, -0.25) is 13.9 Å². The van der Waals surface area contributed by atoms with Gasteiger partial charge in [-0.2, -0.15) is 0 Å². The molecule has 5 heteroatoms. The summed E-state index contributed by atoms with van der Waals surface area (Å²) in [6.45, 7) is 1.75. The monoisotopic (exact) mass is 270 g/mol. The fourth-order valence-corrected chi connectivity index (χ4v) is 2.42. The Balaban J connectivity index is 2.19. The smallest absolute Gasteiger partial charge is 0.328 e. The number of aromatic nitrogens is 2. The van der Waals surface area contributed by atoms with E-state index in [0.717, 1.165) is 11.0 Å². The first-order valence-electron chi connectivity index (χ1n) is 6.25. The average Bonchev–Trinajstić information content (AvgIpc) is 2.97. The number of fused-ring (bicyclic) bond motifs is 1. The molecular formula is C15H14N2O3. The minimum absolute atomic E-state index is 0.102. The molecule has 0 N–H and O–H groups in total. The predicted molar refractivity (Wildman–Crippen MR) is 75.0 cm³/mol. The number of benzene rings is 1. The van der Waals surface area contributed by atoms with Crippen LogP contribution < -0.4 is 5.69 Å². The summed E-state index contributed by atoms with van der Waals surface area (Å²) in [5, 5.41) is 0. The van der Waals surface area contributed by atoms with Crippen molar-refractivity contribution >= 4 is 16.8 Å². The summed E-state index contributed by atoms with van der Waals surface area (Å²) >= 11 is 0. The zero-order valence-electron chi connectivity index (χ0n) is 11.5. The lowest BCUT2D eigenvalue weighted by molar-refractivity contribution is 0.103. The Morgan fingerprint density at radius 1 is 1.10 bits per heavy atom. The Kier molecular flexibility index (Phi) is 2.64. The van der Waals surface area contributed by atoms with Gasteiger partial charge in [0.2, 0.25) is 0 Å². The van der Waals surface area contributed by atoms with Gasteiger partial charge in [-0.1, -0.05) is 0 Å². The van der Waals surface area contributed by atoms with Crippen LogP contribution in [0.1, 0.15) is 21.7 Å². The third kappa shape index (κ3) is 1.63. The Bertz CT molecular complexity index is 880. The zero-order chi connectivity index (χ0) is 14.4. The number of rotatable bonds is 2. The van der Waals surface area contributed by atoms with Crippen LogP contribution in [0.5, 0.6) is 0 Å². The predicted octanol–water partition coefficient (Wildman–Crippen LogP) is 2.01. The molecule has 0 aliphatic heterocycles. The zero-order valence-corrected chi connectivity index (χ0v) is 11.5. The Hall–Kier alpha value is -2.56. The molecule has 102 valence electrons. The van der Waals surface area contributed by atoms with E-state index in [-0.39, 0.29) is 11.5 Å². The molecule has 20 heavy (non-hydrogen) atoms. The van der Waals surface area contributed by atoms with Crippen LogP contribution in [0.3, 0.4) is 0 Å². The molecule has 0 fully saturated rings. The second kappa shape index (κ2) is 4.23. The number of furan rings is 1. The van der Waals surface area contributed by atoms with Crippen LogP contribution in [-0.2, 0) is 14.1 Å². The van der Waals surface area contributed by atoms with Gasteiger partial charge in [-0.05, 0) is 31.2 Å². The molecule has 0 aliphatic rings. The highest BCUT2D eigenvalue weighted by Gasteiger charge is 2.16. The second-order valence-corrected chi connectivity index (χ2v) is 4.82. The molecule has 0 atom stereocenters. The second-order valence-electron chi connectivity index (χ2n) is 4.82. The lowest BCUT2D eigenvalue weighted by atomic mass is 10.0. The SMILES string of the molecule is Cc1occc1C(=O)c1ccc2c(c1)n(C)c(=O)n2C. The van der Waals surface area contributed by atoms with Crippen molar-refractivity contribution in [3.63, 3.8) is 0 Å². The van der Waals surface area contributed by atoms with Crippen molar-refractivity contribution in [3.05, 3.63) is 57.9 Å². The number of hydrogen-bond acceptors (Lipinski definition) is 3. The number of imidazole rings is 1. The van der Waals surface area contributed by atoms with Crippen molar-refractivity contribution in [2.24, 2.45) is 14.1 Å². The molecule has 0 saturated heterocycles. The first-order valence-corrected chi connectivity index (χ1v) is 6.25. The van der Waals surface area contributed by atoms with Crippen LogP contribution in [0.25, 0.3) is 11.0 Å². The number of hydrogen-bond donors (Lipinski definition) is 0. The fourth-order valence-electron chi connectivity index (χ4n) is 2.42. The van der Waals surface area contributed by atoms with Gasteiger partial charge in [-0.25, -0.2) is 4.79 Å². The van der Waals surface area contributed by atoms with Crippen LogP contribution in [0.2, 0.25) is 0 Å². The molecule has 2 aromatic heterocycles. The fraction of sp³-hybridized carbons (Fsp3) is 0.200. The number of nitrogens with zero attached hydrogens (tertiary/aromatic N) is 2. The van der Waals surface area contributed by atoms with Gasteiger partial charge in [0.25, 0.3) is 0 Å². The van der Waals surface area contributed by atoms with Gasteiger partial charge in [0.15, 0.2) is 5.78 Å². The largest absolute Gasteiger partial charge is 0.469 e. The minimum atomic E-state index is -0.107. The van der Waals surface area contributed by atoms with Crippen molar-refractivity contribution < 1.29 is 9.21 Å². The van der Waals surface area contributed by atoms with Gasteiger partial charge in [0.1, 0.15) is 5.76 Å². The number of aryl methyl sites for hydroxylation is 3. The van der Waals surface area contributed by atoms with Crippen molar-refractivity contribution in [2.75, 3.05) is 0 Å². The molecule has 0 bridgehead atoms. The number of carbonyl (C=O) groups excluding carboxylic acids is 1. The topological polar surface area (TPSA) is 57.1 Å². The lowest BCUT2D eigenvalue weighted by Gasteiger charge is -2.01. The molecule has 0 spiro atoms. The Labute approximate surface area is 115 Å². The summed E-state index contributed by atoms with van der Waals surface area (Å²) in [7, 11) is 3.41. The Morgan fingerprint density at radius 3 is 2.45 bits per heavy atom. The summed E-state index contributed by atoms with van der Waals surface area (Å²) in [5.74, 6) is 0.492. The van der Waals surface area contributed by atoms with E-state index in [1.807, 2.05) is 0 Å². The molecule has 0 amide bonds. The van der Waals surface area contributed by atoms with Crippen molar-refractivity contribution in [1.82, 2.24) is 9.13 Å². The maximum atomic E-state index is 12.4. The van der Waals surface area contributed by atoms with E-state index in [1.54, 1.807) is 49.9 Å². The molecule has 2 heterocycles. The molecular weight excluding hydrogens is 256 g/mol. The van der Waals surface area contributed by atoms with Crippen LogP contribution in [-0.4, -0.2) is 14.9 Å². The van der Waals surface area contributed by atoms with Crippen LogP contribution in [0.15, 0.2) is 39.7 Å². The van der Waals surface area contributed by atoms with Crippen molar-refractivity contribution in [1.29, 1.82) is 0 Å². The van der Waals surface area contributed by atoms with E-state index in [9.17, 15) is 9.59 Å². The van der Waals surface area contributed by atoms with Gasteiger partial charge in [-0.15, -0.1) is 0 Å². The quantitative estimate of drug-likeness (QED) is 0.669. The lowest BCUT2D eigenvalue weighted by Crippen LogP contribution is -2.19. The highest BCUT2D eigenvalue weighted by Crippen LogP contribution is 2.19.